The molecule has 0 saturated heterocycles. The maximum atomic E-state index is 11.3. The summed E-state index contributed by atoms with van der Waals surface area (Å²) in [5.74, 6) is 1.02. The van der Waals surface area contributed by atoms with Crippen molar-refractivity contribution in [2.24, 2.45) is 5.73 Å². The van der Waals surface area contributed by atoms with Gasteiger partial charge in [0.15, 0.2) is 0 Å². The summed E-state index contributed by atoms with van der Waals surface area (Å²) in [5.41, 5.74) is 9.44. The molecule has 0 radical (unpaired) electrons. The van der Waals surface area contributed by atoms with E-state index >= 15 is 0 Å². The molecule has 0 fully saturated rings. The summed E-state index contributed by atoms with van der Waals surface area (Å²) < 4.78 is 0. The van der Waals surface area contributed by atoms with Crippen molar-refractivity contribution >= 4 is 17.7 Å². The average molecular weight is 345 g/mol. The highest BCUT2D eigenvalue weighted by Gasteiger charge is 2.19. The quantitative estimate of drug-likeness (QED) is 0.743. The predicted molar refractivity (Wildman–Crippen MR) is 101 cm³/mol. The summed E-state index contributed by atoms with van der Waals surface area (Å²) in [6.07, 6.45) is 1.76. The van der Waals surface area contributed by atoms with Crippen LogP contribution in [0.25, 0.3) is 0 Å². The first-order valence-electron chi connectivity index (χ1n) is 8.46. The first-order chi connectivity index (χ1) is 12.7. The maximum absolute atomic E-state index is 11.3. The number of nitrogens with two attached hydrogens (primary N) is 1. The molecule has 6 nitrogen and oxygen atoms in total. The van der Waals surface area contributed by atoms with Crippen molar-refractivity contribution in [2.75, 3.05) is 10.2 Å². The van der Waals surface area contributed by atoms with Crippen molar-refractivity contribution < 1.29 is 4.79 Å². The van der Waals surface area contributed by atoms with E-state index in [1.807, 2.05) is 18.2 Å². The molecule has 0 aliphatic carbocycles. The second kappa shape index (κ2) is 6.84. The topological polar surface area (TPSA) is 84.1 Å². The zero-order chi connectivity index (χ0) is 17.9. The Hall–Kier alpha value is -3.41. The largest absolute Gasteiger partial charge is 0.366 e. The van der Waals surface area contributed by atoms with Gasteiger partial charge in [-0.3, -0.25) is 4.79 Å². The monoisotopic (exact) mass is 345 g/mol. The molecule has 3 aromatic rings. The van der Waals surface area contributed by atoms with Crippen molar-refractivity contribution in [2.45, 2.75) is 19.6 Å². The Morgan fingerprint density at radius 3 is 2.58 bits per heavy atom. The number of primary amides is 1. The molecule has 0 unspecified atom stereocenters. The van der Waals surface area contributed by atoms with Gasteiger partial charge in [-0.15, -0.1) is 0 Å². The Morgan fingerprint density at radius 1 is 1.08 bits per heavy atom. The minimum absolute atomic E-state index is 0.432. The fourth-order valence-corrected chi connectivity index (χ4v) is 3.12. The number of amides is 1. The van der Waals surface area contributed by atoms with Crippen LogP contribution in [0.3, 0.4) is 0 Å². The number of carbonyl (C=O) groups excluding carboxylic acids is 1. The molecule has 2 aromatic carbocycles. The predicted octanol–water partition coefficient (Wildman–Crippen LogP) is 2.71. The normalized spacial score (nSPS) is 12.7. The molecule has 1 aromatic heterocycles. The lowest BCUT2D eigenvalue weighted by atomic mass is 10.1. The van der Waals surface area contributed by atoms with Crippen LogP contribution in [-0.2, 0) is 19.6 Å². The molecule has 3 N–H and O–H groups in total. The van der Waals surface area contributed by atoms with E-state index in [1.165, 1.54) is 11.1 Å². The Labute approximate surface area is 151 Å². The maximum Gasteiger partial charge on any atom is 0.248 e. The minimum atomic E-state index is -0.432. The zero-order valence-corrected chi connectivity index (χ0v) is 14.2. The van der Waals surface area contributed by atoms with Gasteiger partial charge >= 0.3 is 0 Å². The second-order valence-corrected chi connectivity index (χ2v) is 6.28. The highest BCUT2D eigenvalue weighted by atomic mass is 16.1. The molecule has 1 aliphatic rings. The van der Waals surface area contributed by atoms with Crippen LogP contribution < -0.4 is 16.0 Å². The van der Waals surface area contributed by atoms with Gasteiger partial charge < -0.3 is 16.0 Å². The Bertz CT molecular complexity index is 931. The van der Waals surface area contributed by atoms with E-state index in [4.69, 9.17) is 5.73 Å². The van der Waals surface area contributed by atoms with Gasteiger partial charge in [-0.2, -0.15) is 4.98 Å². The number of rotatable bonds is 5. The summed E-state index contributed by atoms with van der Waals surface area (Å²) in [5, 5.41) is 3.21. The fraction of sp³-hybridized carbons (Fsp3) is 0.150. The molecule has 2 heterocycles. The van der Waals surface area contributed by atoms with E-state index < -0.39 is 5.91 Å². The van der Waals surface area contributed by atoms with Gasteiger partial charge in [0.2, 0.25) is 11.9 Å². The number of carbonyl (C=O) groups is 1. The van der Waals surface area contributed by atoms with E-state index in [2.05, 4.69) is 44.5 Å². The fourth-order valence-electron chi connectivity index (χ4n) is 3.12. The van der Waals surface area contributed by atoms with Gasteiger partial charge in [0.05, 0.1) is 0 Å². The molecule has 0 bridgehead atoms. The summed E-state index contributed by atoms with van der Waals surface area (Å²) in [4.78, 5) is 22.4. The van der Waals surface area contributed by atoms with Gasteiger partial charge in [0, 0.05) is 31.4 Å². The second-order valence-electron chi connectivity index (χ2n) is 6.28. The number of benzene rings is 2. The molecule has 1 amide bonds. The highest BCUT2D eigenvalue weighted by Crippen LogP contribution is 2.26. The Kier molecular flexibility index (Phi) is 4.23. The van der Waals surface area contributed by atoms with Gasteiger partial charge in [-0.1, -0.05) is 36.4 Å². The summed E-state index contributed by atoms with van der Waals surface area (Å²) >= 11 is 0. The number of hydrogen-bond acceptors (Lipinski definition) is 5. The molecular weight excluding hydrogens is 326 g/mol. The van der Waals surface area contributed by atoms with E-state index in [0.717, 1.165) is 24.5 Å². The number of nitrogens with zero attached hydrogens (tertiary/aromatic N) is 3. The zero-order valence-electron chi connectivity index (χ0n) is 14.2. The third kappa shape index (κ3) is 3.35. The molecular formula is C20H19N5O. The number of fused-ring (bicyclic) bond motifs is 1. The third-order valence-corrected chi connectivity index (χ3v) is 4.47. The van der Waals surface area contributed by atoms with Crippen molar-refractivity contribution in [1.82, 2.24) is 9.97 Å². The van der Waals surface area contributed by atoms with Crippen LogP contribution in [0.5, 0.6) is 0 Å². The summed E-state index contributed by atoms with van der Waals surface area (Å²) in [7, 11) is 0. The van der Waals surface area contributed by atoms with Gasteiger partial charge in [-0.05, 0) is 34.9 Å². The molecule has 0 atom stereocenters. The van der Waals surface area contributed by atoms with Crippen LogP contribution in [0.2, 0.25) is 0 Å². The smallest absolute Gasteiger partial charge is 0.248 e. The van der Waals surface area contributed by atoms with Crippen LogP contribution in [0.15, 0.2) is 60.8 Å². The van der Waals surface area contributed by atoms with Crippen LogP contribution in [-0.4, -0.2) is 15.9 Å². The standard InChI is InChI=1S/C20H19N5O/c21-19(26)15-7-3-4-14(10-15)11-23-20-22-9-8-18(24-20)25-12-16-5-1-2-6-17(16)13-25/h1-10H,11-13H2,(H2,21,26)(H,22,23,24). The minimum Gasteiger partial charge on any atom is -0.366 e. The van der Waals surface area contributed by atoms with Gasteiger partial charge in [-0.25, -0.2) is 4.98 Å². The van der Waals surface area contributed by atoms with E-state index in [0.29, 0.717) is 18.1 Å². The number of anilines is 2. The molecule has 0 spiro atoms. The molecule has 4 rings (SSSR count). The van der Waals surface area contributed by atoms with Crippen LogP contribution in [0.4, 0.5) is 11.8 Å². The van der Waals surface area contributed by atoms with Gasteiger partial charge in [0.25, 0.3) is 0 Å². The number of aromatic nitrogens is 2. The molecule has 0 saturated carbocycles. The lowest BCUT2D eigenvalue weighted by Gasteiger charge is -2.17. The molecule has 6 heteroatoms. The number of nitrogens with one attached hydrogen (secondary N) is 1. The van der Waals surface area contributed by atoms with Gasteiger partial charge in [0.1, 0.15) is 5.82 Å². The first kappa shape index (κ1) is 16.1. The third-order valence-electron chi connectivity index (χ3n) is 4.47. The summed E-state index contributed by atoms with van der Waals surface area (Å²) in [6, 6.07) is 17.6. The Balaban J connectivity index is 1.45. The van der Waals surface area contributed by atoms with Crippen LogP contribution >= 0.6 is 0 Å². The van der Waals surface area contributed by atoms with Crippen molar-refractivity contribution in [3.8, 4) is 0 Å². The van der Waals surface area contributed by atoms with E-state index in [1.54, 1.807) is 18.3 Å². The van der Waals surface area contributed by atoms with Crippen molar-refractivity contribution in [3.63, 3.8) is 0 Å². The van der Waals surface area contributed by atoms with Crippen LogP contribution in [0, 0.1) is 0 Å². The number of hydrogen-bond donors (Lipinski definition) is 2. The lowest BCUT2D eigenvalue weighted by molar-refractivity contribution is 0.1000. The van der Waals surface area contributed by atoms with E-state index in [9.17, 15) is 4.79 Å². The van der Waals surface area contributed by atoms with Crippen molar-refractivity contribution in [1.29, 1.82) is 0 Å². The SMILES string of the molecule is NC(=O)c1cccc(CNc2nccc(N3Cc4ccccc4C3)n2)c1. The molecule has 1 aliphatic heterocycles. The van der Waals surface area contributed by atoms with Crippen molar-refractivity contribution in [3.05, 3.63) is 83.0 Å². The average Bonchev–Trinajstić information content (AvgIpc) is 3.11. The lowest BCUT2D eigenvalue weighted by Crippen LogP contribution is -2.17. The Morgan fingerprint density at radius 2 is 1.85 bits per heavy atom. The first-order valence-corrected chi connectivity index (χ1v) is 8.46. The molecule has 130 valence electrons. The summed E-state index contributed by atoms with van der Waals surface area (Å²) in [6.45, 7) is 2.23. The van der Waals surface area contributed by atoms with E-state index in [-0.39, 0.29) is 0 Å². The van der Waals surface area contributed by atoms with Crippen LogP contribution in [0.1, 0.15) is 27.0 Å². The highest BCUT2D eigenvalue weighted by molar-refractivity contribution is 5.92. The molecule has 26 heavy (non-hydrogen) atoms.